The molecule has 1 aliphatic rings. The van der Waals surface area contributed by atoms with Gasteiger partial charge in [-0.15, -0.1) is 0 Å². The first-order chi connectivity index (χ1) is 5.50. The highest BCUT2D eigenvalue weighted by Gasteiger charge is 2.25. The Kier molecular flexibility index (Phi) is 3.09. The van der Waals surface area contributed by atoms with Crippen molar-refractivity contribution in [1.29, 1.82) is 0 Å². The maximum atomic E-state index is 9.46. The average molecular weight is 173 g/mol. The number of aliphatic hydroxyl groups is 1. The van der Waals surface area contributed by atoms with Crippen LogP contribution in [0.5, 0.6) is 0 Å². The van der Waals surface area contributed by atoms with Crippen LogP contribution in [0.15, 0.2) is 0 Å². The molecule has 0 unspecified atom stereocenters. The number of rotatable bonds is 0. The molecule has 0 aromatic heterocycles. The maximum absolute atomic E-state index is 9.46. The van der Waals surface area contributed by atoms with Crippen LogP contribution in [-0.4, -0.2) is 48.0 Å². The van der Waals surface area contributed by atoms with E-state index in [2.05, 4.69) is 25.7 Å². The van der Waals surface area contributed by atoms with Crippen LogP contribution in [0.1, 0.15) is 20.8 Å². The minimum absolute atomic E-state index is 0.134. The summed E-state index contributed by atoms with van der Waals surface area (Å²) in [6, 6.07) is 0. The van der Waals surface area contributed by atoms with Gasteiger partial charge in [-0.3, -0.25) is 4.90 Å². The zero-order chi connectivity index (χ0) is 9.19. The zero-order valence-electron chi connectivity index (χ0n) is 8.21. The van der Waals surface area contributed by atoms with Gasteiger partial charge in [-0.1, -0.05) is 0 Å². The fourth-order valence-corrected chi connectivity index (χ4v) is 1.40. The Hall–Kier alpha value is -0.120. The van der Waals surface area contributed by atoms with Gasteiger partial charge in [0.15, 0.2) is 0 Å². The molecule has 3 nitrogen and oxygen atoms in total. The summed E-state index contributed by atoms with van der Waals surface area (Å²) < 4.78 is 5.24. The molecule has 12 heavy (non-hydrogen) atoms. The first-order valence-electron chi connectivity index (χ1n) is 4.51. The normalized spacial score (nSPS) is 28.5. The third-order valence-electron chi connectivity index (χ3n) is 2.20. The van der Waals surface area contributed by atoms with Crippen LogP contribution in [-0.2, 0) is 4.74 Å². The summed E-state index contributed by atoms with van der Waals surface area (Å²) in [5.41, 5.74) is 0.134. The smallest absolute Gasteiger partial charge is 0.0900 e. The minimum Gasteiger partial charge on any atom is -0.389 e. The Morgan fingerprint density at radius 3 is 2.67 bits per heavy atom. The summed E-state index contributed by atoms with van der Waals surface area (Å²) in [6.07, 6.45) is -0.327. The molecule has 0 saturated carbocycles. The van der Waals surface area contributed by atoms with E-state index in [1.54, 1.807) is 0 Å². The first kappa shape index (κ1) is 9.96. The van der Waals surface area contributed by atoms with Gasteiger partial charge in [-0.2, -0.15) is 0 Å². The maximum Gasteiger partial charge on any atom is 0.0900 e. The summed E-state index contributed by atoms with van der Waals surface area (Å²) >= 11 is 0. The van der Waals surface area contributed by atoms with Crippen LogP contribution < -0.4 is 0 Å². The topological polar surface area (TPSA) is 32.7 Å². The van der Waals surface area contributed by atoms with Crippen LogP contribution in [0.25, 0.3) is 0 Å². The molecule has 72 valence electrons. The van der Waals surface area contributed by atoms with Gasteiger partial charge in [-0.05, 0) is 20.8 Å². The molecular weight excluding hydrogens is 154 g/mol. The second-order valence-corrected chi connectivity index (χ2v) is 4.35. The molecule has 1 saturated heterocycles. The molecular formula is C9H19NO2. The molecule has 1 fully saturated rings. The number of hydrogen-bond donors (Lipinski definition) is 1. The molecule has 0 radical (unpaired) electrons. The lowest BCUT2D eigenvalue weighted by molar-refractivity contribution is 0.0498. The van der Waals surface area contributed by atoms with Crippen LogP contribution in [0.2, 0.25) is 0 Å². The molecule has 0 aromatic carbocycles. The van der Waals surface area contributed by atoms with Gasteiger partial charge in [0.1, 0.15) is 0 Å². The van der Waals surface area contributed by atoms with Gasteiger partial charge in [0, 0.05) is 18.6 Å². The summed E-state index contributed by atoms with van der Waals surface area (Å²) in [4.78, 5) is 2.25. The molecule has 0 aromatic rings. The second kappa shape index (κ2) is 3.73. The van der Waals surface area contributed by atoms with Gasteiger partial charge in [0.25, 0.3) is 0 Å². The molecule has 1 aliphatic heterocycles. The molecule has 3 heteroatoms. The molecule has 1 rings (SSSR count). The molecule has 1 atom stereocenters. The van der Waals surface area contributed by atoms with Crippen LogP contribution >= 0.6 is 0 Å². The number of β-amino-alcohol motifs (C(OH)–C–C–N with tert-alkyl or cyclic N) is 1. The SMILES string of the molecule is CC(C)(C)N1CCOC[C@H](O)C1. The van der Waals surface area contributed by atoms with Gasteiger partial charge in [0.05, 0.1) is 19.3 Å². The van der Waals surface area contributed by atoms with E-state index >= 15 is 0 Å². The highest BCUT2D eigenvalue weighted by Crippen LogP contribution is 2.14. The van der Waals surface area contributed by atoms with E-state index in [1.165, 1.54) is 0 Å². The number of aliphatic hydroxyl groups excluding tert-OH is 1. The van der Waals surface area contributed by atoms with Crippen LogP contribution in [0.4, 0.5) is 0 Å². The standard InChI is InChI=1S/C9H19NO2/c1-9(2,3)10-4-5-12-7-8(11)6-10/h8,11H,4-7H2,1-3H3/t8-/m1/s1. The number of ether oxygens (including phenoxy) is 1. The highest BCUT2D eigenvalue weighted by molar-refractivity contribution is 4.79. The zero-order valence-corrected chi connectivity index (χ0v) is 8.21. The third-order valence-corrected chi connectivity index (χ3v) is 2.20. The summed E-state index contributed by atoms with van der Waals surface area (Å²) in [7, 11) is 0. The Morgan fingerprint density at radius 1 is 1.42 bits per heavy atom. The van der Waals surface area contributed by atoms with E-state index < -0.39 is 0 Å². The van der Waals surface area contributed by atoms with Crippen molar-refractivity contribution in [3.05, 3.63) is 0 Å². The van der Waals surface area contributed by atoms with E-state index in [9.17, 15) is 5.11 Å². The van der Waals surface area contributed by atoms with Crippen molar-refractivity contribution in [3.8, 4) is 0 Å². The first-order valence-corrected chi connectivity index (χ1v) is 4.51. The van der Waals surface area contributed by atoms with Crippen molar-refractivity contribution in [2.75, 3.05) is 26.3 Å². The Labute approximate surface area is 74.3 Å². The molecule has 0 bridgehead atoms. The molecule has 0 spiro atoms. The largest absolute Gasteiger partial charge is 0.389 e. The molecule has 0 aliphatic carbocycles. The fourth-order valence-electron chi connectivity index (χ4n) is 1.40. The summed E-state index contributed by atoms with van der Waals surface area (Å²) in [5, 5.41) is 9.46. The predicted molar refractivity (Wildman–Crippen MR) is 48.2 cm³/mol. The minimum atomic E-state index is -0.327. The van der Waals surface area contributed by atoms with E-state index in [1.807, 2.05) is 0 Å². The van der Waals surface area contributed by atoms with E-state index in [4.69, 9.17) is 4.74 Å². The van der Waals surface area contributed by atoms with Crippen molar-refractivity contribution in [1.82, 2.24) is 4.90 Å². The van der Waals surface area contributed by atoms with Crippen molar-refractivity contribution in [2.45, 2.75) is 32.4 Å². The second-order valence-electron chi connectivity index (χ2n) is 4.35. The van der Waals surface area contributed by atoms with Gasteiger partial charge in [0.2, 0.25) is 0 Å². The predicted octanol–water partition coefficient (Wildman–Crippen LogP) is 0.478. The lowest BCUT2D eigenvalue weighted by atomic mass is 10.1. The van der Waals surface area contributed by atoms with Crippen molar-refractivity contribution < 1.29 is 9.84 Å². The average Bonchev–Trinajstić information content (AvgIpc) is 2.11. The monoisotopic (exact) mass is 173 g/mol. The van der Waals surface area contributed by atoms with Gasteiger partial charge >= 0.3 is 0 Å². The van der Waals surface area contributed by atoms with Crippen molar-refractivity contribution >= 4 is 0 Å². The third kappa shape index (κ3) is 2.73. The summed E-state index contributed by atoms with van der Waals surface area (Å²) in [6.45, 7) is 9.33. The van der Waals surface area contributed by atoms with Crippen molar-refractivity contribution in [2.24, 2.45) is 0 Å². The fraction of sp³-hybridized carbons (Fsp3) is 1.00. The quantitative estimate of drug-likeness (QED) is 0.578. The van der Waals surface area contributed by atoms with E-state index in [-0.39, 0.29) is 11.6 Å². The molecule has 1 N–H and O–H groups in total. The van der Waals surface area contributed by atoms with Crippen molar-refractivity contribution in [3.63, 3.8) is 0 Å². The van der Waals surface area contributed by atoms with E-state index in [0.29, 0.717) is 6.61 Å². The Balaban J connectivity index is 2.52. The van der Waals surface area contributed by atoms with Crippen LogP contribution in [0.3, 0.4) is 0 Å². The molecule has 1 heterocycles. The van der Waals surface area contributed by atoms with Crippen LogP contribution in [0, 0.1) is 0 Å². The number of nitrogens with zero attached hydrogens (tertiary/aromatic N) is 1. The highest BCUT2D eigenvalue weighted by atomic mass is 16.5. The number of hydrogen-bond acceptors (Lipinski definition) is 3. The lowest BCUT2D eigenvalue weighted by Crippen LogP contribution is -2.45. The van der Waals surface area contributed by atoms with E-state index in [0.717, 1.165) is 19.7 Å². The van der Waals surface area contributed by atoms with Gasteiger partial charge < -0.3 is 9.84 Å². The Morgan fingerprint density at radius 2 is 2.08 bits per heavy atom. The Bertz CT molecular complexity index is 142. The summed E-state index contributed by atoms with van der Waals surface area (Å²) in [5.74, 6) is 0. The van der Waals surface area contributed by atoms with Gasteiger partial charge in [-0.25, -0.2) is 0 Å². The molecule has 0 amide bonds. The lowest BCUT2D eigenvalue weighted by Gasteiger charge is -2.34.